The van der Waals surface area contributed by atoms with E-state index in [9.17, 15) is 0 Å². The number of ether oxygens (including phenoxy) is 1. The molecule has 0 radical (unpaired) electrons. The second-order valence-corrected chi connectivity index (χ2v) is 9.96. The van der Waals surface area contributed by atoms with E-state index < -0.39 is 0 Å². The van der Waals surface area contributed by atoms with Gasteiger partial charge in [-0.1, -0.05) is 60.1 Å². The van der Waals surface area contributed by atoms with Crippen molar-refractivity contribution >= 4 is 50.9 Å². The van der Waals surface area contributed by atoms with E-state index in [1.807, 2.05) is 97.2 Å². The first-order chi connectivity index (χ1) is 20.7. The molecule has 0 saturated carbocycles. The Balaban J connectivity index is 1.33. The van der Waals surface area contributed by atoms with Crippen LogP contribution in [0.1, 0.15) is 5.56 Å². The van der Waals surface area contributed by atoms with E-state index in [1.165, 1.54) is 0 Å². The fraction of sp³-hybridized carbons (Fsp3) is 0.0303. The summed E-state index contributed by atoms with van der Waals surface area (Å²) in [6.45, 7) is 0. The average molecular weight is 571 g/mol. The van der Waals surface area contributed by atoms with Crippen LogP contribution in [0.15, 0.2) is 129 Å². The number of rotatable bonds is 6. The van der Waals surface area contributed by atoms with Gasteiger partial charge in [0.25, 0.3) is 0 Å². The van der Waals surface area contributed by atoms with Gasteiger partial charge in [0.1, 0.15) is 17.7 Å². The number of azo groups is 1. The molecule has 8 nitrogen and oxygen atoms in total. The Kier molecular flexibility index (Phi) is 6.58. The van der Waals surface area contributed by atoms with Crippen LogP contribution in [0.3, 0.4) is 0 Å². The second-order valence-electron chi connectivity index (χ2n) is 9.52. The first-order valence-corrected chi connectivity index (χ1v) is 13.6. The predicted molar refractivity (Wildman–Crippen MR) is 166 cm³/mol. The number of nitrogens with zero attached hydrogens (tertiary/aromatic N) is 4. The Labute approximate surface area is 245 Å². The third-order valence-corrected chi connectivity index (χ3v) is 7.20. The van der Waals surface area contributed by atoms with Crippen LogP contribution in [-0.2, 0) is 0 Å². The number of halogens is 1. The summed E-state index contributed by atoms with van der Waals surface area (Å²) < 4.78 is 11.2. The molecule has 0 amide bonds. The Bertz CT molecular complexity index is 2090. The van der Waals surface area contributed by atoms with Gasteiger partial charge in [0.2, 0.25) is 0 Å². The molecule has 0 atom stereocenters. The molecule has 0 fully saturated rings. The molecular formula is C33H23ClN6O2. The molecule has 0 aliphatic rings. The molecule has 42 heavy (non-hydrogen) atoms. The summed E-state index contributed by atoms with van der Waals surface area (Å²) in [5.41, 5.74) is 6.81. The zero-order valence-electron chi connectivity index (χ0n) is 22.4. The molecule has 204 valence electrons. The van der Waals surface area contributed by atoms with Gasteiger partial charge in [0.15, 0.2) is 5.84 Å². The van der Waals surface area contributed by atoms with Gasteiger partial charge >= 0.3 is 6.01 Å². The van der Waals surface area contributed by atoms with Crippen molar-refractivity contribution < 1.29 is 9.15 Å². The van der Waals surface area contributed by atoms with Gasteiger partial charge < -0.3 is 19.1 Å². The van der Waals surface area contributed by atoms with Crippen molar-refractivity contribution in [3.8, 4) is 28.3 Å². The number of fused-ring (bicyclic) bond motifs is 2. The number of benzene rings is 4. The van der Waals surface area contributed by atoms with E-state index in [2.05, 4.69) is 26.3 Å². The van der Waals surface area contributed by atoms with Gasteiger partial charge in [-0.3, -0.25) is 0 Å². The Morgan fingerprint density at radius 2 is 1.60 bits per heavy atom. The lowest BCUT2D eigenvalue weighted by molar-refractivity contribution is 0.415. The number of oxazole rings is 1. The Morgan fingerprint density at radius 3 is 2.38 bits per heavy atom. The highest BCUT2D eigenvalue weighted by atomic mass is 35.5. The van der Waals surface area contributed by atoms with Crippen LogP contribution in [-0.4, -0.2) is 27.9 Å². The second kappa shape index (κ2) is 10.8. The minimum absolute atomic E-state index is 0.159. The summed E-state index contributed by atoms with van der Waals surface area (Å²) in [6, 6.07) is 31.2. The third kappa shape index (κ3) is 4.84. The highest BCUT2D eigenvalue weighted by molar-refractivity contribution is 6.30. The molecule has 0 saturated heterocycles. The fourth-order valence-corrected chi connectivity index (χ4v) is 5.04. The molecule has 0 spiro atoms. The number of methoxy groups -OCH3 is 1. The predicted octanol–water partition coefficient (Wildman–Crippen LogP) is 9.50. The number of aromatic nitrogens is 3. The molecular weight excluding hydrogens is 548 g/mol. The summed E-state index contributed by atoms with van der Waals surface area (Å²) in [4.78, 5) is 16.3. The van der Waals surface area contributed by atoms with Crippen molar-refractivity contribution in [2.45, 2.75) is 0 Å². The van der Waals surface area contributed by atoms with Crippen molar-refractivity contribution in [2.24, 2.45) is 15.2 Å². The van der Waals surface area contributed by atoms with Crippen molar-refractivity contribution in [1.82, 2.24) is 15.0 Å². The van der Waals surface area contributed by atoms with Crippen molar-refractivity contribution in [1.29, 1.82) is 0 Å². The first kappa shape index (κ1) is 25.5. The molecule has 0 unspecified atom stereocenters. The number of nitrogens with one attached hydrogen (secondary N) is 2. The minimum atomic E-state index is 0.159. The molecule has 7 rings (SSSR count). The largest absolute Gasteiger partial charge is 0.497 e. The number of hydrogen-bond donors (Lipinski definition) is 2. The van der Waals surface area contributed by atoms with Crippen LogP contribution in [0.2, 0.25) is 5.02 Å². The zero-order chi connectivity index (χ0) is 28.5. The number of para-hydroxylation sites is 2. The number of H-pyrrole nitrogens is 2. The van der Waals surface area contributed by atoms with Gasteiger partial charge in [-0.05, 0) is 54.1 Å². The summed E-state index contributed by atoms with van der Waals surface area (Å²) in [7, 11) is 1.62. The molecule has 0 aliphatic carbocycles. The van der Waals surface area contributed by atoms with Gasteiger partial charge in [0, 0.05) is 44.2 Å². The molecule has 9 heteroatoms. The maximum absolute atomic E-state index is 6.17. The summed E-state index contributed by atoms with van der Waals surface area (Å²) in [5, 5.41) is 11.6. The molecule has 4 aromatic carbocycles. The number of hydrogen-bond acceptors (Lipinski definition) is 5. The van der Waals surface area contributed by atoms with E-state index >= 15 is 0 Å². The molecule has 7 aromatic rings. The third-order valence-electron chi connectivity index (χ3n) is 6.95. The number of aliphatic imine (C=N–C) groups is 1. The lowest BCUT2D eigenvalue weighted by Gasteiger charge is -2.02. The van der Waals surface area contributed by atoms with Crippen LogP contribution in [0.4, 0.5) is 11.7 Å². The van der Waals surface area contributed by atoms with Crippen LogP contribution in [0.25, 0.3) is 44.3 Å². The monoisotopic (exact) mass is 570 g/mol. The Morgan fingerprint density at radius 1 is 0.857 bits per heavy atom. The van der Waals surface area contributed by atoms with Gasteiger partial charge in [-0.15, -0.1) is 10.2 Å². The summed E-state index contributed by atoms with van der Waals surface area (Å²) in [5.74, 6) is 1.09. The minimum Gasteiger partial charge on any atom is -0.497 e. The maximum Gasteiger partial charge on any atom is 0.324 e. The van der Waals surface area contributed by atoms with Crippen LogP contribution in [0.5, 0.6) is 5.75 Å². The number of aromatic amines is 2. The smallest absolute Gasteiger partial charge is 0.324 e. The average Bonchev–Trinajstić information content (AvgIpc) is 3.77. The highest BCUT2D eigenvalue weighted by Gasteiger charge is 2.19. The van der Waals surface area contributed by atoms with Crippen LogP contribution < -0.4 is 4.74 Å². The zero-order valence-corrected chi connectivity index (χ0v) is 23.1. The topological polar surface area (TPSA) is 104 Å². The first-order valence-electron chi connectivity index (χ1n) is 13.2. The van der Waals surface area contributed by atoms with E-state index in [0.717, 1.165) is 49.9 Å². The van der Waals surface area contributed by atoms with Gasteiger partial charge in [0.05, 0.1) is 18.5 Å². The SMILES string of the molecule is COc1ccc(N=NC(=Nc2nc(-c3c(-c4ccc(Cl)cc4)[nH]c4ccccc34)co2)c2c[nH]c3ccccc23)cc1. The van der Waals surface area contributed by atoms with E-state index in [4.69, 9.17) is 30.7 Å². The normalized spacial score (nSPS) is 12.1. The van der Waals surface area contributed by atoms with Crippen LogP contribution in [0, 0.1) is 0 Å². The van der Waals surface area contributed by atoms with E-state index in [-0.39, 0.29) is 6.01 Å². The molecule has 3 aromatic heterocycles. The van der Waals surface area contributed by atoms with Crippen molar-refractivity contribution in [3.63, 3.8) is 0 Å². The fourth-order valence-electron chi connectivity index (χ4n) is 4.91. The quantitative estimate of drug-likeness (QED) is 0.118. The maximum atomic E-state index is 6.17. The van der Waals surface area contributed by atoms with Crippen molar-refractivity contribution in [3.05, 3.63) is 120 Å². The molecule has 3 heterocycles. The number of amidine groups is 1. The highest BCUT2D eigenvalue weighted by Crippen LogP contribution is 2.39. The van der Waals surface area contributed by atoms with Gasteiger partial charge in [-0.2, -0.15) is 9.98 Å². The van der Waals surface area contributed by atoms with E-state index in [0.29, 0.717) is 22.2 Å². The van der Waals surface area contributed by atoms with Gasteiger partial charge in [-0.25, -0.2) is 0 Å². The lowest BCUT2D eigenvalue weighted by atomic mass is 10.0. The van der Waals surface area contributed by atoms with Crippen molar-refractivity contribution in [2.75, 3.05) is 7.11 Å². The summed E-state index contributed by atoms with van der Waals surface area (Å²) >= 11 is 6.17. The summed E-state index contributed by atoms with van der Waals surface area (Å²) in [6.07, 6.45) is 3.47. The molecule has 2 N–H and O–H groups in total. The lowest BCUT2D eigenvalue weighted by Crippen LogP contribution is -1.95. The van der Waals surface area contributed by atoms with Crippen LogP contribution >= 0.6 is 11.6 Å². The standard InChI is InChI=1S/C33H23ClN6O2/c1-41-23-16-14-22(15-17-23)39-40-32(26-18-35-27-8-4-2-6-24(26)27)38-33-37-29(19-42-33)30-25-7-3-5-9-28(25)36-31(30)20-10-12-21(34)13-11-20/h2-19,35-36H,1H3. The molecule has 0 aliphatic heterocycles. The van der Waals surface area contributed by atoms with E-state index in [1.54, 1.807) is 13.4 Å². The Hall–Kier alpha value is -5.47. The molecule has 0 bridgehead atoms.